The molecule has 5 atom stereocenters. The summed E-state index contributed by atoms with van der Waals surface area (Å²) in [5.41, 5.74) is 5.77. The minimum Gasteiger partial charge on any atom is -0.496 e. The molecule has 234 valence electrons. The van der Waals surface area contributed by atoms with Crippen molar-refractivity contribution in [2.75, 3.05) is 48.7 Å². The molecule has 0 spiro atoms. The second-order valence-electron chi connectivity index (χ2n) is 11.9. The number of benzene rings is 3. The van der Waals surface area contributed by atoms with E-state index < -0.39 is 0 Å². The van der Waals surface area contributed by atoms with Crippen LogP contribution in [-0.2, 0) is 22.4 Å². The van der Waals surface area contributed by atoms with Crippen LogP contribution in [0.1, 0.15) is 59.2 Å². The van der Waals surface area contributed by atoms with Crippen molar-refractivity contribution in [3.8, 4) is 28.7 Å². The normalized spacial score (nSPS) is 22.5. The fraction of sp³-hybridized carbons (Fsp3) is 0.457. The van der Waals surface area contributed by atoms with Gasteiger partial charge in [-0.25, -0.2) is 0 Å². The van der Waals surface area contributed by atoms with E-state index >= 15 is 0 Å². The lowest BCUT2D eigenvalue weighted by molar-refractivity contribution is -0.147. The van der Waals surface area contributed by atoms with Gasteiger partial charge < -0.3 is 33.7 Å². The molecule has 5 unspecified atom stereocenters. The van der Waals surface area contributed by atoms with Gasteiger partial charge in [0, 0.05) is 24.7 Å². The Morgan fingerprint density at radius 2 is 1.41 bits per heavy atom. The van der Waals surface area contributed by atoms with Crippen molar-refractivity contribution in [1.29, 1.82) is 0 Å². The van der Waals surface area contributed by atoms with E-state index in [0.29, 0.717) is 11.5 Å². The molecule has 6 rings (SSSR count). The molecule has 0 amide bonds. The maximum Gasteiger partial charge on any atom is 0.306 e. The maximum atomic E-state index is 13.3. The smallest absolute Gasteiger partial charge is 0.306 e. The maximum absolute atomic E-state index is 13.3. The van der Waals surface area contributed by atoms with Crippen molar-refractivity contribution in [3.63, 3.8) is 0 Å². The fourth-order valence-corrected chi connectivity index (χ4v) is 7.36. The lowest BCUT2D eigenvalue weighted by Crippen LogP contribution is -2.63. The van der Waals surface area contributed by atoms with Crippen molar-refractivity contribution in [2.45, 2.75) is 56.3 Å². The number of piperazine rings is 1. The van der Waals surface area contributed by atoms with Gasteiger partial charge in [0.1, 0.15) is 12.4 Å². The number of methoxy groups -OCH3 is 5. The molecule has 3 aromatic carbocycles. The van der Waals surface area contributed by atoms with Crippen molar-refractivity contribution in [1.82, 2.24) is 10.2 Å². The summed E-state index contributed by atoms with van der Waals surface area (Å²) in [6.45, 7) is 3.09. The highest BCUT2D eigenvalue weighted by Crippen LogP contribution is 2.47. The Kier molecular flexibility index (Phi) is 8.60. The van der Waals surface area contributed by atoms with Gasteiger partial charge in [-0.1, -0.05) is 25.1 Å². The lowest BCUT2D eigenvalue weighted by Gasteiger charge is -2.54. The van der Waals surface area contributed by atoms with Gasteiger partial charge in [-0.3, -0.25) is 9.69 Å². The zero-order valence-electron chi connectivity index (χ0n) is 26.3. The third kappa shape index (κ3) is 5.43. The van der Waals surface area contributed by atoms with E-state index in [4.69, 9.17) is 28.4 Å². The molecular weight excluding hydrogens is 560 g/mol. The Labute approximate surface area is 259 Å². The highest BCUT2D eigenvalue weighted by molar-refractivity contribution is 5.71. The molecule has 3 aromatic rings. The van der Waals surface area contributed by atoms with Crippen LogP contribution >= 0.6 is 0 Å². The topological polar surface area (TPSA) is 87.7 Å². The van der Waals surface area contributed by atoms with Crippen LogP contribution in [0.5, 0.6) is 28.7 Å². The molecule has 2 bridgehead atoms. The molecule has 0 saturated carbocycles. The van der Waals surface area contributed by atoms with E-state index in [1.54, 1.807) is 35.5 Å². The van der Waals surface area contributed by atoms with Crippen LogP contribution in [0.2, 0.25) is 0 Å². The van der Waals surface area contributed by atoms with E-state index in [9.17, 15) is 4.79 Å². The molecule has 1 N–H and O–H groups in total. The van der Waals surface area contributed by atoms with E-state index in [2.05, 4.69) is 34.5 Å². The van der Waals surface area contributed by atoms with Gasteiger partial charge in [-0.2, -0.15) is 0 Å². The summed E-state index contributed by atoms with van der Waals surface area (Å²) in [6.07, 6.45) is 1.94. The molecule has 0 aromatic heterocycles. The highest BCUT2D eigenvalue weighted by Gasteiger charge is 2.47. The van der Waals surface area contributed by atoms with Crippen molar-refractivity contribution in [3.05, 3.63) is 76.3 Å². The largest absolute Gasteiger partial charge is 0.496 e. The number of ether oxygens (including phenoxy) is 6. The molecule has 1 saturated heterocycles. The predicted molar refractivity (Wildman–Crippen MR) is 166 cm³/mol. The monoisotopic (exact) mass is 602 g/mol. The first-order valence-corrected chi connectivity index (χ1v) is 15.2. The van der Waals surface area contributed by atoms with Gasteiger partial charge in [0.05, 0.1) is 48.0 Å². The number of hydrogen-bond acceptors (Lipinski definition) is 9. The van der Waals surface area contributed by atoms with Crippen LogP contribution in [0, 0.1) is 0 Å². The Balaban J connectivity index is 1.31. The summed E-state index contributed by atoms with van der Waals surface area (Å²) >= 11 is 0. The molecule has 0 aliphatic carbocycles. The average molecular weight is 603 g/mol. The number of carbonyl (C=O) groups excluding carboxylic acids is 1. The van der Waals surface area contributed by atoms with Crippen LogP contribution in [0.15, 0.2) is 48.5 Å². The third-order valence-corrected chi connectivity index (χ3v) is 9.48. The summed E-state index contributed by atoms with van der Waals surface area (Å²) in [6, 6.07) is 16.5. The van der Waals surface area contributed by atoms with E-state index in [1.165, 1.54) is 16.7 Å². The first-order valence-electron chi connectivity index (χ1n) is 15.2. The molecule has 3 aliphatic heterocycles. The number of hydrogen-bond donors (Lipinski definition) is 1. The number of rotatable bonds is 10. The first-order chi connectivity index (χ1) is 21.4. The summed E-state index contributed by atoms with van der Waals surface area (Å²) in [5.74, 6) is 3.34. The van der Waals surface area contributed by atoms with Gasteiger partial charge in [0.25, 0.3) is 0 Å². The van der Waals surface area contributed by atoms with E-state index in [0.717, 1.165) is 47.8 Å². The van der Waals surface area contributed by atoms with Crippen LogP contribution in [0.4, 0.5) is 0 Å². The van der Waals surface area contributed by atoms with Crippen LogP contribution in [0.25, 0.3) is 0 Å². The number of nitrogens with one attached hydrogen (secondary N) is 1. The van der Waals surface area contributed by atoms with Crippen molar-refractivity contribution in [2.24, 2.45) is 0 Å². The Hall–Kier alpha value is -3.95. The second kappa shape index (κ2) is 12.6. The van der Waals surface area contributed by atoms with Crippen molar-refractivity contribution >= 4 is 5.97 Å². The molecule has 44 heavy (non-hydrogen) atoms. The summed E-state index contributed by atoms with van der Waals surface area (Å²) < 4.78 is 34.3. The van der Waals surface area contributed by atoms with E-state index in [-0.39, 0.29) is 49.1 Å². The summed E-state index contributed by atoms with van der Waals surface area (Å²) in [5, 5.41) is 3.91. The molecular formula is C35H42N2O7. The highest BCUT2D eigenvalue weighted by atomic mass is 16.5. The minimum atomic E-state index is -0.231. The number of fused-ring (bicyclic) bond motifs is 7. The van der Waals surface area contributed by atoms with E-state index in [1.807, 2.05) is 31.2 Å². The molecule has 9 nitrogen and oxygen atoms in total. The zero-order chi connectivity index (χ0) is 31.0. The SMILES string of the molecule is COc1cc2c(cc1OC)C1NC(C2)CN2C(COC(=O)CC(C)c3ccccc3OC)c3cc(OC)c(OC)cc3CC12. The molecule has 1 fully saturated rings. The standard InChI is InChI=1S/C35H42N2O7/c1-20(24-9-7-8-10-29(24)39-2)11-34(38)44-19-28-25-16-32(42-5)31(41-4)15-22(25)13-27-35-26-17-33(43-6)30(40-3)14-21(26)12-23(36-35)18-37(27)28/h7-10,14-17,20,23,27-28,35-36H,11-13,18-19H2,1-6H3. The van der Waals surface area contributed by atoms with Gasteiger partial charge >= 0.3 is 5.97 Å². The van der Waals surface area contributed by atoms with Crippen LogP contribution < -0.4 is 29.0 Å². The molecule has 3 aliphatic rings. The van der Waals surface area contributed by atoms with Gasteiger partial charge in [0.2, 0.25) is 0 Å². The van der Waals surface area contributed by atoms with Crippen LogP contribution in [-0.4, -0.2) is 71.7 Å². The molecule has 0 radical (unpaired) electrons. The predicted octanol–water partition coefficient (Wildman–Crippen LogP) is 5.00. The lowest BCUT2D eigenvalue weighted by atomic mass is 9.76. The van der Waals surface area contributed by atoms with Gasteiger partial charge in [0.15, 0.2) is 23.0 Å². The Bertz CT molecular complexity index is 1530. The zero-order valence-corrected chi connectivity index (χ0v) is 26.3. The summed E-state index contributed by atoms with van der Waals surface area (Å²) in [4.78, 5) is 15.8. The number of esters is 1. The number of carbonyl (C=O) groups is 1. The van der Waals surface area contributed by atoms with Crippen LogP contribution in [0.3, 0.4) is 0 Å². The van der Waals surface area contributed by atoms with Crippen molar-refractivity contribution < 1.29 is 33.2 Å². The number of nitrogens with zero attached hydrogens (tertiary/aromatic N) is 1. The van der Waals surface area contributed by atoms with Gasteiger partial charge in [-0.05, 0) is 76.9 Å². The second-order valence-corrected chi connectivity index (χ2v) is 11.9. The molecule has 3 heterocycles. The Morgan fingerprint density at radius 1 is 0.818 bits per heavy atom. The summed E-state index contributed by atoms with van der Waals surface area (Å²) in [7, 11) is 8.31. The quantitative estimate of drug-likeness (QED) is 0.322. The fourth-order valence-electron chi connectivity index (χ4n) is 7.36. The minimum absolute atomic E-state index is 0.0450. The third-order valence-electron chi connectivity index (χ3n) is 9.48. The first kappa shape index (κ1) is 30.1. The number of para-hydroxylation sites is 1. The Morgan fingerprint density at radius 3 is 2.07 bits per heavy atom. The molecule has 9 heteroatoms. The average Bonchev–Trinajstić information content (AvgIpc) is 3.05. The van der Waals surface area contributed by atoms with Gasteiger partial charge in [-0.15, -0.1) is 0 Å².